The quantitative estimate of drug-likeness (QED) is 0.317. The molecule has 0 fully saturated rings. The Hall–Kier alpha value is -3.28. The average molecular weight is 392 g/mol. The van der Waals surface area contributed by atoms with Gasteiger partial charge in [-0.05, 0) is 24.1 Å². The fourth-order valence-corrected chi connectivity index (χ4v) is 2.99. The molecular formula is C23H29N5O. The Balaban J connectivity index is 1.34. The maximum Gasteiger partial charge on any atom is 0.190 e. The Morgan fingerprint density at radius 2 is 1.72 bits per heavy atom. The number of hydrogen-bond donors (Lipinski definition) is 2. The lowest BCUT2D eigenvalue weighted by Gasteiger charge is -2.13. The predicted molar refractivity (Wildman–Crippen MR) is 117 cm³/mol. The third kappa shape index (κ3) is 6.99. The topological polar surface area (TPSA) is 63.5 Å². The van der Waals surface area contributed by atoms with Crippen LogP contribution in [0.4, 0.5) is 0 Å². The van der Waals surface area contributed by atoms with Crippen molar-refractivity contribution in [3.05, 3.63) is 84.4 Å². The van der Waals surface area contributed by atoms with E-state index in [1.165, 1.54) is 5.56 Å². The third-order valence-electron chi connectivity index (χ3n) is 4.49. The van der Waals surface area contributed by atoms with Gasteiger partial charge < -0.3 is 19.9 Å². The zero-order valence-corrected chi connectivity index (χ0v) is 16.9. The van der Waals surface area contributed by atoms with E-state index in [2.05, 4.69) is 49.4 Å². The summed E-state index contributed by atoms with van der Waals surface area (Å²) in [6.07, 6.45) is 5.62. The Morgan fingerprint density at radius 1 is 1.00 bits per heavy atom. The van der Waals surface area contributed by atoms with Gasteiger partial charge in [0.05, 0.1) is 6.61 Å². The number of para-hydroxylation sites is 1. The van der Waals surface area contributed by atoms with Gasteiger partial charge in [-0.25, -0.2) is 4.98 Å². The summed E-state index contributed by atoms with van der Waals surface area (Å²) >= 11 is 0. The summed E-state index contributed by atoms with van der Waals surface area (Å²) in [6, 6.07) is 20.3. The molecule has 0 saturated carbocycles. The molecule has 2 N–H and O–H groups in total. The smallest absolute Gasteiger partial charge is 0.190 e. The fraction of sp³-hybridized carbons (Fsp3) is 0.304. The van der Waals surface area contributed by atoms with Crippen molar-refractivity contribution < 1.29 is 4.74 Å². The molecule has 3 rings (SSSR count). The molecule has 0 atom stereocenters. The molecule has 29 heavy (non-hydrogen) atoms. The first-order chi connectivity index (χ1) is 14.3. The standard InChI is InChI=1S/C23H29N5O/c1-24-23(26-14-8-18-29-21-11-6-3-7-12-21)27-15-13-22-25-16-17-28(22)19-20-9-4-2-5-10-20/h2-7,9-12,16-17H,8,13-15,18-19H2,1H3,(H2,24,26,27). The Kier molecular flexibility index (Phi) is 8.14. The Labute approximate surface area is 172 Å². The summed E-state index contributed by atoms with van der Waals surface area (Å²) in [5, 5.41) is 6.67. The summed E-state index contributed by atoms with van der Waals surface area (Å²) in [6.45, 7) is 3.08. The number of rotatable bonds is 10. The number of benzene rings is 2. The first-order valence-electron chi connectivity index (χ1n) is 10.0. The number of guanidine groups is 1. The normalized spacial score (nSPS) is 11.3. The molecule has 0 amide bonds. The molecule has 6 heteroatoms. The zero-order valence-electron chi connectivity index (χ0n) is 16.9. The lowest BCUT2D eigenvalue weighted by Crippen LogP contribution is -2.39. The Bertz CT molecular complexity index is 861. The second-order valence-electron chi connectivity index (χ2n) is 6.65. The highest BCUT2D eigenvalue weighted by Gasteiger charge is 2.04. The molecule has 0 radical (unpaired) electrons. The van der Waals surface area contributed by atoms with Crippen LogP contribution in [0.2, 0.25) is 0 Å². The fourth-order valence-electron chi connectivity index (χ4n) is 2.99. The number of hydrogen-bond acceptors (Lipinski definition) is 3. The van der Waals surface area contributed by atoms with E-state index in [9.17, 15) is 0 Å². The van der Waals surface area contributed by atoms with Crippen LogP contribution in [0.15, 0.2) is 78.0 Å². The van der Waals surface area contributed by atoms with Crippen LogP contribution in [0.3, 0.4) is 0 Å². The highest BCUT2D eigenvalue weighted by atomic mass is 16.5. The number of nitrogens with zero attached hydrogens (tertiary/aromatic N) is 3. The van der Waals surface area contributed by atoms with E-state index < -0.39 is 0 Å². The summed E-state index contributed by atoms with van der Waals surface area (Å²) in [7, 11) is 1.78. The molecule has 0 aliphatic heterocycles. The molecule has 0 bridgehead atoms. The minimum Gasteiger partial charge on any atom is -0.494 e. The van der Waals surface area contributed by atoms with Crippen molar-refractivity contribution in [3.63, 3.8) is 0 Å². The summed E-state index contributed by atoms with van der Waals surface area (Å²) < 4.78 is 7.89. The van der Waals surface area contributed by atoms with Crippen molar-refractivity contribution >= 4 is 5.96 Å². The van der Waals surface area contributed by atoms with Gasteiger partial charge >= 0.3 is 0 Å². The van der Waals surface area contributed by atoms with Crippen molar-refractivity contribution in [2.75, 3.05) is 26.7 Å². The number of nitrogens with one attached hydrogen (secondary N) is 2. The van der Waals surface area contributed by atoms with E-state index in [1.807, 2.05) is 48.8 Å². The van der Waals surface area contributed by atoms with Gasteiger partial charge in [0, 0.05) is 45.5 Å². The number of ether oxygens (including phenoxy) is 1. The van der Waals surface area contributed by atoms with Crippen LogP contribution in [-0.4, -0.2) is 42.3 Å². The van der Waals surface area contributed by atoms with Crippen LogP contribution in [-0.2, 0) is 13.0 Å². The predicted octanol–water partition coefficient (Wildman–Crippen LogP) is 3.11. The van der Waals surface area contributed by atoms with Crippen LogP contribution >= 0.6 is 0 Å². The van der Waals surface area contributed by atoms with E-state index in [0.29, 0.717) is 6.61 Å². The average Bonchev–Trinajstić information content (AvgIpc) is 3.20. The first-order valence-corrected chi connectivity index (χ1v) is 10.0. The molecule has 0 aliphatic rings. The van der Waals surface area contributed by atoms with Crippen LogP contribution in [0, 0.1) is 0 Å². The van der Waals surface area contributed by atoms with E-state index in [-0.39, 0.29) is 0 Å². The van der Waals surface area contributed by atoms with Gasteiger partial charge in [0.1, 0.15) is 11.6 Å². The van der Waals surface area contributed by atoms with E-state index in [4.69, 9.17) is 4.74 Å². The Morgan fingerprint density at radius 3 is 2.48 bits per heavy atom. The van der Waals surface area contributed by atoms with Crippen LogP contribution in [0.1, 0.15) is 17.8 Å². The SMILES string of the molecule is CN=C(NCCCOc1ccccc1)NCCc1nccn1Cc1ccccc1. The molecule has 2 aromatic carbocycles. The minimum absolute atomic E-state index is 0.672. The highest BCUT2D eigenvalue weighted by molar-refractivity contribution is 5.79. The van der Waals surface area contributed by atoms with Gasteiger partial charge in [-0.3, -0.25) is 4.99 Å². The van der Waals surface area contributed by atoms with Gasteiger partial charge in [0.15, 0.2) is 5.96 Å². The molecular weight excluding hydrogens is 362 g/mol. The third-order valence-corrected chi connectivity index (χ3v) is 4.49. The maximum absolute atomic E-state index is 5.70. The molecule has 152 valence electrons. The van der Waals surface area contributed by atoms with E-state index in [0.717, 1.165) is 50.0 Å². The van der Waals surface area contributed by atoms with Crippen LogP contribution in [0.25, 0.3) is 0 Å². The zero-order chi connectivity index (χ0) is 20.2. The summed E-state index contributed by atoms with van der Waals surface area (Å²) in [5.74, 6) is 2.76. The van der Waals surface area contributed by atoms with Gasteiger partial charge in [-0.15, -0.1) is 0 Å². The van der Waals surface area contributed by atoms with Gasteiger partial charge in [0.25, 0.3) is 0 Å². The van der Waals surface area contributed by atoms with Crippen molar-refractivity contribution in [1.82, 2.24) is 20.2 Å². The first kappa shape index (κ1) is 20.5. The van der Waals surface area contributed by atoms with Crippen molar-refractivity contribution in [3.8, 4) is 5.75 Å². The summed E-state index contributed by atoms with van der Waals surface area (Å²) in [5.41, 5.74) is 1.27. The molecule has 1 aromatic heterocycles. The van der Waals surface area contributed by atoms with Gasteiger partial charge in [-0.2, -0.15) is 0 Å². The van der Waals surface area contributed by atoms with E-state index in [1.54, 1.807) is 7.05 Å². The molecule has 0 spiro atoms. The van der Waals surface area contributed by atoms with Crippen molar-refractivity contribution in [2.45, 2.75) is 19.4 Å². The highest BCUT2D eigenvalue weighted by Crippen LogP contribution is 2.08. The lowest BCUT2D eigenvalue weighted by atomic mass is 10.2. The molecule has 0 aliphatic carbocycles. The molecule has 1 heterocycles. The van der Waals surface area contributed by atoms with Crippen molar-refractivity contribution in [2.24, 2.45) is 4.99 Å². The molecule has 0 saturated heterocycles. The van der Waals surface area contributed by atoms with Crippen LogP contribution < -0.4 is 15.4 Å². The molecule has 6 nitrogen and oxygen atoms in total. The summed E-state index contributed by atoms with van der Waals surface area (Å²) in [4.78, 5) is 8.78. The lowest BCUT2D eigenvalue weighted by molar-refractivity contribution is 0.311. The van der Waals surface area contributed by atoms with Gasteiger partial charge in [0.2, 0.25) is 0 Å². The monoisotopic (exact) mass is 391 g/mol. The largest absolute Gasteiger partial charge is 0.494 e. The second-order valence-corrected chi connectivity index (χ2v) is 6.65. The second kappa shape index (κ2) is 11.5. The number of imidazole rings is 1. The molecule has 0 unspecified atom stereocenters. The van der Waals surface area contributed by atoms with Crippen LogP contribution in [0.5, 0.6) is 5.75 Å². The number of aromatic nitrogens is 2. The minimum atomic E-state index is 0.672. The molecule has 3 aromatic rings. The number of aliphatic imine (C=N–C) groups is 1. The maximum atomic E-state index is 5.70. The van der Waals surface area contributed by atoms with E-state index >= 15 is 0 Å². The van der Waals surface area contributed by atoms with Crippen molar-refractivity contribution in [1.29, 1.82) is 0 Å². The van der Waals surface area contributed by atoms with Gasteiger partial charge in [-0.1, -0.05) is 48.5 Å².